The Hall–Kier alpha value is -2.41. The van der Waals surface area contributed by atoms with E-state index in [1.54, 1.807) is 29.2 Å². The average molecular weight is 388 g/mol. The highest BCUT2D eigenvalue weighted by molar-refractivity contribution is 7.99. The van der Waals surface area contributed by atoms with Gasteiger partial charge in [0.25, 0.3) is 11.6 Å². The van der Waals surface area contributed by atoms with E-state index in [0.29, 0.717) is 40.3 Å². The first kappa shape index (κ1) is 19.4. The second-order valence-electron chi connectivity index (χ2n) is 7.15. The smallest absolute Gasteiger partial charge is 0.284 e. The first-order chi connectivity index (χ1) is 12.8. The monoisotopic (exact) mass is 388 g/mol. The lowest BCUT2D eigenvalue weighted by Gasteiger charge is -2.35. The van der Waals surface area contributed by atoms with Crippen LogP contribution in [0.25, 0.3) is 0 Å². The topological polar surface area (TPSA) is 63.5 Å². The molecule has 0 aliphatic carbocycles. The van der Waals surface area contributed by atoms with Gasteiger partial charge in [-0.25, -0.2) is 4.39 Å². The number of likely N-dealkylation sites (tertiary alicyclic amines) is 1. The second kappa shape index (κ2) is 8.08. The minimum absolute atomic E-state index is 0.117. The van der Waals surface area contributed by atoms with Crippen molar-refractivity contribution in [3.05, 3.63) is 64.0 Å². The molecule has 142 valence electrons. The molecule has 5 nitrogen and oxygen atoms in total. The molecule has 2 aromatic rings. The van der Waals surface area contributed by atoms with Gasteiger partial charge in [0.2, 0.25) is 0 Å². The Morgan fingerprint density at radius 3 is 2.37 bits per heavy atom. The van der Waals surface area contributed by atoms with Crippen LogP contribution in [0.5, 0.6) is 0 Å². The molecule has 0 saturated carbocycles. The van der Waals surface area contributed by atoms with Crippen molar-refractivity contribution < 1.29 is 14.1 Å². The number of nitrogens with zero attached hydrogens (tertiary/aromatic N) is 2. The molecule has 0 spiro atoms. The summed E-state index contributed by atoms with van der Waals surface area (Å²) in [4.78, 5) is 26.8. The summed E-state index contributed by atoms with van der Waals surface area (Å²) in [5.74, 6) is 0.302. The van der Waals surface area contributed by atoms with Crippen LogP contribution in [-0.2, 0) is 0 Å². The van der Waals surface area contributed by atoms with Crippen LogP contribution in [0.3, 0.4) is 0 Å². The Kier molecular flexibility index (Phi) is 5.79. The number of benzene rings is 2. The summed E-state index contributed by atoms with van der Waals surface area (Å²) in [6, 6.07) is 10.3. The Morgan fingerprint density at radius 1 is 1.15 bits per heavy atom. The van der Waals surface area contributed by atoms with Crippen LogP contribution in [0.4, 0.5) is 10.1 Å². The Balaban J connectivity index is 1.85. The first-order valence-corrected chi connectivity index (χ1v) is 9.66. The fourth-order valence-electron chi connectivity index (χ4n) is 3.52. The van der Waals surface area contributed by atoms with Gasteiger partial charge in [-0.05, 0) is 54.7 Å². The van der Waals surface area contributed by atoms with Gasteiger partial charge < -0.3 is 4.90 Å². The number of nitro groups is 1. The fourth-order valence-corrected chi connectivity index (χ4v) is 4.42. The quantitative estimate of drug-likeness (QED) is 0.546. The lowest BCUT2D eigenvalue weighted by molar-refractivity contribution is -0.387. The van der Waals surface area contributed by atoms with Crippen molar-refractivity contribution in [1.29, 1.82) is 0 Å². The molecule has 0 N–H and O–H groups in total. The molecule has 1 aliphatic rings. The second-order valence-corrected chi connectivity index (χ2v) is 8.27. The highest BCUT2D eigenvalue weighted by Gasteiger charge is 2.27. The van der Waals surface area contributed by atoms with Crippen molar-refractivity contribution in [2.24, 2.45) is 11.8 Å². The number of carbonyl (C=O) groups excluding carboxylic acids is 1. The Bertz CT molecular complexity index is 847. The van der Waals surface area contributed by atoms with E-state index in [0.717, 1.165) is 6.42 Å². The summed E-state index contributed by atoms with van der Waals surface area (Å²) in [6.07, 6.45) is 1.08. The SMILES string of the molecule is C[C@H]1C[C@H](C)CN(C(=O)c2ccc(Sc3ccc(F)cc3)c([N+](=O)[O-])c2)C1. The van der Waals surface area contributed by atoms with E-state index in [-0.39, 0.29) is 17.4 Å². The standard InChI is InChI=1S/C20H21FN2O3S/c1-13-9-14(2)12-22(11-13)20(24)15-3-8-19(18(10-15)23(25)26)27-17-6-4-16(21)5-7-17/h3-8,10,13-14H,9,11-12H2,1-2H3/t13-,14-/m0/s1. The van der Waals surface area contributed by atoms with Gasteiger partial charge in [0.05, 0.1) is 9.82 Å². The number of nitro benzene ring substituents is 1. The molecule has 2 aromatic carbocycles. The molecule has 1 aliphatic heterocycles. The van der Waals surface area contributed by atoms with E-state index in [9.17, 15) is 19.3 Å². The normalized spacial score (nSPS) is 19.7. The van der Waals surface area contributed by atoms with E-state index in [4.69, 9.17) is 0 Å². The van der Waals surface area contributed by atoms with Crippen LogP contribution in [0.15, 0.2) is 52.3 Å². The van der Waals surface area contributed by atoms with Crippen LogP contribution in [-0.4, -0.2) is 28.8 Å². The average Bonchev–Trinajstić information content (AvgIpc) is 2.62. The van der Waals surface area contributed by atoms with Crippen LogP contribution in [0.2, 0.25) is 0 Å². The maximum absolute atomic E-state index is 13.0. The molecule has 1 amide bonds. The molecule has 2 atom stereocenters. The first-order valence-electron chi connectivity index (χ1n) is 8.84. The number of rotatable bonds is 4. The van der Waals surface area contributed by atoms with Gasteiger partial charge in [-0.15, -0.1) is 0 Å². The summed E-state index contributed by atoms with van der Waals surface area (Å²) < 4.78 is 13.0. The molecule has 3 rings (SSSR count). The number of amides is 1. The molecule has 0 aromatic heterocycles. The zero-order valence-electron chi connectivity index (χ0n) is 15.2. The van der Waals surface area contributed by atoms with E-state index < -0.39 is 4.92 Å². The molecule has 27 heavy (non-hydrogen) atoms. The lowest BCUT2D eigenvalue weighted by Crippen LogP contribution is -2.42. The summed E-state index contributed by atoms with van der Waals surface area (Å²) in [6.45, 7) is 5.56. The van der Waals surface area contributed by atoms with Gasteiger partial charge in [-0.3, -0.25) is 14.9 Å². The number of hydrogen-bond acceptors (Lipinski definition) is 4. The molecule has 7 heteroatoms. The summed E-state index contributed by atoms with van der Waals surface area (Å²) in [7, 11) is 0. The molecule has 1 fully saturated rings. The fraction of sp³-hybridized carbons (Fsp3) is 0.350. The summed E-state index contributed by atoms with van der Waals surface area (Å²) >= 11 is 1.17. The Labute approximate surface area is 161 Å². The highest BCUT2D eigenvalue weighted by atomic mass is 32.2. The summed E-state index contributed by atoms with van der Waals surface area (Å²) in [5.41, 5.74) is 0.208. The lowest BCUT2D eigenvalue weighted by atomic mass is 9.91. The summed E-state index contributed by atoms with van der Waals surface area (Å²) in [5, 5.41) is 11.5. The molecular formula is C20H21FN2O3S. The molecule has 0 radical (unpaired) electrons. The predicted molar refractivity (Wildman–Crippen MR) is 102 cm³/mol. The zero-order valence-corrected chi connectivity index (χ0v) is 16.0. The maximum Gasteiger partial charge on any atom is 0.284 e. The van der Waals surface area contributed by atoms with E-state index in [1.807, 2.05) is 0 Å². The highest BCUT2D eigenvalue weighted by Crippen LogP contribution is 2.36. The van der Waals surface area contributed by atoms with Gasteiger partial charge in [-0.1, -0.05) is 25.6 Å². The molecule has 1 heterocycles. The van der Waals surface area contributed by atoms with Gasteiger partial charge in [0, 0.05) is 29.6 Å². The van der Waals surface area contributed by atoms with E-state index >= 15 is 0 Å². The van der Waals surface area contributed by atoms with Crippen molar-refractivity contribution in [3.8, 4) is 0 Å². The van der Waals surface area contributed by atoms with E-state index in [1.165, 1.54) is 30.0 Å². The van der Waals surface area contributed by atoms with Crippen LogP contribution >= 0.6 is 11.8 Å². The van der Waals surface area contributed by atoms with Crippen LogP contribution in [0.1, 0.15) is 30.6 Å². The number of carbonyl (C=O) groups is 1. The number of halogens is 1. The third-order valence-corrected chi connectivity index (χ3v) is 5.67. The molecule has 0 bridgehead atoms. The molecular weight excluding hydrogens is 367 g/mol. The molecule has 0 unspecified atom stereocenters. The number of hydrogen-bond donors (Lipinski definition) is 0. The van der Waals surface area contributed by atoms with E-state index in [2.05, 4.69) is 13.8 Å². The largest absolute Gasteiger partial charge is 0.338 e. The van der Waals surface area contributed by atoms with Crippen molar-refractivity contribution in [3.63, 3.8) is 0 Å². The number of piperidine rings is 1. The van der Waals surface area contributed by atoms with Crippen LogP contribution < -0.4 is 0 Å². The third kappa shape index (κ3) is 4.66. The minimum atomic E-state index is -0.482. The van der Waals surface area contributed by atoms with Gasteiger partial charge in [0.1, 0.15) is 5.82 Å². The van der Waals surface area contributed by atoms with Crippen molar-refractivity contribution in [2.75, 3.05) is 13.1 Å². The minimum Gasteiger partial charge on any atom is -0.338 e. The van der Waals surface area contributed by atoms with Gasteiger partial charge in [-0.2, -0.15) is 0 Å². The molecule has 1 saturated heterocycles. The van der Waals surface area contributed by atoms with Gasteiger partial charge >= 0.3 is 0 Å². The van der Waals surface area contributed by atoms with Crippen LogP contribution in [0, 0.1) is 27.8 Å². The third-order valence-electron chi connectivity index (χ3n) is 4.60. The Morgan fingerprint density at radius 2 is 1.78 bits per heavy atom. The van der Waals surface area contributed by atoms with Crippen molar-refractivity contribution in [2.45, 2.75) is 30.1 Å². The maximum atomic E-state index is 13.0. The zero-order chi connectivity index (χ0) is 19.6. The predicted octanol–water partition coefficient (Wildman–Crippen LogP) is 5.00. The van der Waals surface area contributed by atoms with Crippen molar-refractivity contribution in [1.82, 2.24) is 4.90 Å². The van der Waals surface area contributed by atoms with Gasteiger partial charge in [0.15, 0.2) is 0 Å². The van der Waals surface area contributed by atoms with Crippen molar-refractivity contribution >= 4 is 23.4 Å².